The molecule has 4 rings (SSSR count). The van der Waals surface area contributed by atoms with Crippen LogP contribution in [-0.2, 0) is 6.42 Å². The molecule has 1 aromatic carbocycles. The van der Waals surface area contributed by atoms with Crippen molar-refractivity contribution in [1.82, 2.24) is 20.3 Å². The average molecular weight is 318 g/mol. The third-order valence-corrected chi connectivity index (χ3v) is 3.84. The van der Waals surface area contributed by atoms with E-state index in [2.05, 4.69) is 20.3 Å². The van der Waals surface area contributed by atoms with Crippen LogP contribution in [0.1, 0.15) is 47.3 Å². The van der Waals surface area contributed by atoms with E-state index in [0.717, 1.165) is 6.07 Å². The Bertz CT molecular complexity index is 861. The van der Waals surface area contributed by atoms with Crippen molar-refractivity contribution in [2.24, 2.45) is 0 Å². The molecular formula is C15H12F2N4O2. The van der Waals surface area contributed by atoms with Crippen LogP contribution in [0.3, 0.4) is 0 Å². The predicted molar refractivity (Wildman–Crippen MR) is 72.6 cm³/mol. The van der Waals surface area contributed by atoms with Gasteiger partial charge in [-0.25, -0.2) is 8.78 Å². The summed E-state index contributed by atoms with van der Waals surface area (Å²) in [4.78, 5) is 8.38. The number of hydrogen-bond acceptors (Lipinski definition) is 6. The van der Waals surface area contributed by atoms with Gasteiger partial charge in [-0.15, -0.1) is 0 Å². The Morgan fingerprint density at radius 3 is 2.61 bits per heavy atom. The molecule has 0 spiro atoms. The molecule has 6 nitrogen and oxygen atoms in total. The first-order valence-electron chi connectivity index (χ1n) is 7.17. The molecule has 118 valence electrons. The van der Waals surface area contributed by atoms with E-state index in [0.29, 0.717) is 41.8 Å². The van der Waals surface area contributed by atoms with E-state index in [4.69, 9.17) is 9.05 Å². The van der Waals surface area contributed by atoms with Crippen LogP contribution in [-0.4, -0.2) is 20.3 Å². The van der Waals surface area contributed by atoms with Crippen LogP contribution in [0.5, 0.6) is 0 Å². The maximum Gasteiger partial charge on any atom is 0.230 e. The standard InChI is InChI=1S/C15H12F2N4O2/c1-7-18-13(20-22-7)6-14-19-15(23-21-14)11-5-10(11)9-3-2-8(16)4-12(9)17/h2-4,10-11H,5-6H2,1H3/t10-,11-/m1/s1. The van der Waals surface area contributed by atoms with E-state index in [1.165, 1.54) is 12.1 Å². The average Bonchev–Trinajstić information content (AvgIpc) is 2.95. The van der Waals surface area contributed by atoms with Crippen molar-refractivity contribution in [1.29, 1.82) is 0 Å². The Balaban J connectivity index is 1.48. The largest absolute Gasteiger partial charge is 0.340 e. The van der Waals surface area contributed by atoms with Crippen LogP contribution in [0.15, 0.2) is 27.2 Å². The van der Waals surface area contributed by atoms with Gasteiger partial charge in [-0.05, 0) is 24.0 Å². The van der Waals surface area contributed by atoms with Crippen molar-refractivity contribution in [3.63, 3.8) is 0 Å². The topological polar surface area (TPSA) is 77.8 Å². The van der Waals surface area contributed by atoms with Crippen molar-refractivity contribution in [3.8, 4) is 0 Å². The molecule has 8 heteroatoms. The van der Waals surface area contributed by atoms with Gasteiger partial charge in [-0.2, -0.15) is 9.97 Å². The van der Waals surface area contributed by atoms with Crippen molar-refractivity contribution < 1.29 is 17.8 Å². The zero-order valence-corrected chi connectivity index (χ0v) is 12.2. The maximum absolute atomic E-state index is 13.8. The summed E-state index contributed by atoms with van der Waals surface area (Å²) in [5.41, 5.74) is 0.477. The number of benzene rings is 1. The molecule has 1 aliphatic rings. The van der Waals surface area contributed by atoms with E-state index in [1.54, 1.807) is 6.92 Å². The maximum atomic E-state index is 13.8. The Morgan fingerprint density at radius 1 is 1.09 bits per heavy atom. The fourth-order valence-electron chi connectivity index (χ4n) is 2.66. The number of aryl methyl sites for hydroxylation is 1. The Kier molecular flexibility index (Phi) is 3.17. The highest BCUT2D eigenvalue weighted by molar-refractivity contribution is 5.32. The Hall–Kier alpha value is -2.64. The molecule has 2 aromatic heterocycles. The fourth-order valence-corrected chi connectivity index (χ4v) is 2.66. The smallest absolute Gasteiger partial charge is 0.230 e. The molecule has 0 saturated heterocycles. The molecule has 23 heavy (non-hydrogen) atoms. The van der Waals surface area contributed by atoms with Gasteiger partial charge in [-0.1, -0.05) is 16.4 Å². The molecule has 0 unspecified atom stereocenters. The first-order valence-corrected chi connectivity index (χ1v) is 7.17. The number of aromatic nitrogens is 4. The third-order valence-electron chi connectivity index (χ3n) is 3.84. The van der Waals surface area contributed by atoms with Crippen molar-refractivity contribution in [2.75, 3.05) is 0 Å². The lowest BCUT2D eigenvalue weighted by Crippen LogP contribution is -1.94. The number of nitrogens with zero attached hydrogens (tertiary/aromatic N) is 4. The summed E-state index contributed by atoms with van der Waals surface area (Å²) in [5, 5.41) is 7.66. The van der Waals surface area contributed by atoms with E-state index in [1.807, 2.05) is 0 Å². The van der Waals surface area contributed by atoms with Gasteiger partial charge < -0.3 is 9.05 Å². The van der Waals surface area contributed by atoms with Crippen LogP contribution in [0.25, 0.3) is 0 Å². The Morgan fingerprint density at radius 2 is 1.87 bits per heavy atom. The molecule has 1 aliphatic carbocycles. The molecule has 0 N–H and O–H groups in total. The molecule has 1 fully saturated rings. The van der Waals surface area contributed by atoms with Gasteiger partial charge in [0, 0.05) is 18.9 Å². The van der Waals surface area contributed by atoms with Gasteiger partial charge in [0.2, 0.25) is 11.8 Å². The monoisotopic (exact) mass is 318 g/mol. The first kappa shape index (κ1) is 14.0. The van der Waals surface area contributed by atoms with Gasteiger partial charge >= 0.3 is 0 Å². The van der Waals surface area contributed by atoms with Gasteiger partial charge in [-0.3, -0.25) is 0 Å². The summed E-state index contributed by atoms with van der Waals surface area (Å²) in [6.45, 7) is 1.70. The summed E-state index contributed by atoms with van der Waals surface area (Å²) < 4.78 is 36.9. The Labute approximate surface area is 129 Å². The predicted octanol–water partition coefficient (Wildman–Crippen LogP) is 2.90. The summed E-state index contributed by atoms with van der Waals surface area (Å²) >= 11 is 0. The number of halogens is 2. The van der Waals surface area contributed by atoms with E-state index < -0.39 is 11.6 Å². The van der Waals surface area contributed by atoms with Crippen LogP contribution < -0.4 is 0 Å². The summed E-state index contributed by atoms with van der Waals surface area (Å²) in [5.74, 6) is 0.627. The minimum Gasteiger partial charge on any atom is -0.340 e. The van der Waals surface area contributed by atoms with Crippen LogP contribution >= 0.6 is 0 Å². The second-order valence-electron chi connectivity index (χ2n) is 5.57. The van der Waals surface area contributed by atoms with Gasteiger partial charge in [0.1, 0.15) is 11.6 Å². The van der Waals surface area contributed by atoms with Gasteiger partial charge in [0.05, 0.1) is 6.42 Å². The zero-order valence-electron chi connectivity index (χ0n) is 12.2. The van der Waals surface area contributed by atoms with Crippen LogP contribution in [0.2, 0.25) is 0 Å². The van der Waals surface area contributed by atoms with Crippen molar-refractivity contribution >= 4 is 0 Å². The lowest BCUT2D eigenvalue weighted by molar-refractivity contribution is 0.371. The van der Waals surface area contributed by atoms with E-state index >= 15 is 0 Å². The van der Waals surface area contributed by atoms with Gasteiger partial charge in [0.15, 0.2) is 11.6 Å². The van der Waals surface area contributed by atoms with E-state index in [9.17, 15) is 8.78 Å². The molecular weight excluding hydrogens is 306 g/mol. The molecule has 1 saturated carbocycles. The highest BCUT2D eigenvalue weighted by Gasteiger charge is 2.45. The second kappa shape index (κ2) is 5.22. The first-order chi connectivity index (χ1) is 11.1. The molecule has 2 heterocycles. The van der Waals surface area contributed by atoms with Crippen LogP contribution in [0.4, 0.5) is 8.78 Å². The van der Waals surface area contributed by atoms with E-state index in [-0.39, 0.29) is 11.8 Å². The molecule has 0 radical (unpaired) electrons. The lowest BCUT2D eigenvalue weighted by atomic mass is 10.1. The summed E-state index contributed by atoms with van der Waals surface area (Å²) in [6, 6.07) is 3.61. The molecule has 0 bridgehead atoms. The molecule has 3 aromatic rings. The van der Waals surface area contributed by atoms with Crippen molar-refractivity contribution in [3.05, 3.63) is 58.8 Å². The quantitative estimate of drug-likeness (QED) is 0.736. The number of rotatable bonds is 4. The highest BCUT2D eigenvalue weighted by atomic mass is 19.1. The second-order valence-corrected chi connectivity index (χ2v) is 5.57. The fraction of sp³-hybridized carbons (Fsp3) is 0.333. The molecule has 0 amide bonds. The number of hydrogen-bond donors (Lipinski definition) is 0. The van der Waals surface area contributed by atoms with Crippen LogP contribution in [0, 0.1) is 18.6 Å². The zero-order chi connectivity index (χ0) is 16.0. The lowest BCUT2D eigenvalue weighted by Gasteiger charge is -2.00. The SMILES string of the molecule is Cc1nc(Cc2noc([C@@H]3C[C@@H]3c3ccc(F)cc3F)n2)no1. The normalized spacial score (nSPS) is 20.0. The minimum absolute atomic E-state index is 0.0387. The van der Waals surface area contributed by atoms with Crippen molar-refractivity contribution in [2.45, 2.75) is 31.6 Å². The molecule has 0 aliphatic heterocycles. The summed E-state index contributed by atoms with van der Waals surface area (Å²) in [7, 11) is 0. The molecule has 2 atom stereocenters. The van der Waals surface area contributed by atoms with Gasteiger partial charge in [0.25, 0.3) is 0 Å². The third kappa shape index (κ3) is 2.71. The highest BCUT2D eigenvalue weighted by Crippen LogP contribution is 2.54. The minimum atomic E-state index is -0.584. The summed E-state index contributed by atoms with van der Waals surface area (Å²) in [6.07, 6.45) is 1.01.